The van der Waals surface area contributed by atoms with E-state index >= 15 is 0 Å². The fraction of sp³-hybridized carbons (Fsp3) is 0.800. The van der Waals surface area contributed by atoms with Crippen LogP contribution < -0.4 is 33.2 Å². The molecule has 0 rings (SSSR count). The first-order valence-electron chi connectivity index (χ1n) is 5.65. The largest absolute Gasteiger partial charge is 0.332 e. The van der Waals surface area contributed by atoms with Crippen LogP contribution in [-0.2, 0) is 4.79 Å². The van der Waals surface area contributed by atoms with Gasteiger partial charge in [-0.2, -0.15) is 0 Å². The predicted molar refractivity (Wildman–Crippen MR) is 69.0 cm³/mol. The molecule has 18 heavy (non-hydrogen) atoms. The summed E-state index contributed by atoms with van der Waals surface area (Å²) in [6.07, 6.45) is 0.602. The Morgan fingerprint density at radius 1 is 1.00 bits per heavy atom. The summed E-state index contributed by atoms with van der Waals surface area (Å²) in [6, 6.07) is -0.449. The summed E-state index contributed by atoms with van der Waals surface area (Å²) >= 11 is 0. The fourth-order valence-corrected chi connectivity index (χ4v) is 1.93. The van der Waals surface area contributed by atoms with Crippen molar-refractivity contribution < 1.29 is 9.59 Å². The lowest BCUT2D eigenvalue weighted by Crippen LogP contribution is -2.56. The fourth-order valence-electron chi connectivity index (χ4n) is 1.93. The molecule has 0 fully saturated rings. The molecule has 0 aromatic rings. The first-order valence-corrected chi connectivity index (χ1v) is 5.65. The monoisotopic (exact) mass is 260 g/mol. The van der Waals surface area contributed by atoms with Gasteiger partial charge in [-0.3, -0.25) is 15.6 Å². The molecule has 8 nitrogen and oxygen atoms in total. The van der Waals surface area contributed by atoms with Crippen LogP contribution in [0.25, 0.3) is 0 Å². The highest BCUT2D eigenvalue weighted by Crippen LogP contribution is 2.19. The maximum Gasteiger partial charge on any atom is 0.329 e. The summed E-state index contributed by atoms with van der Waals surface area (Å²) in [5.74, 6) is 9.71. The topological polar surface area (TPSA) is 134 Å². The number of carbonyl (C=O) groups excluding carboxylic acids is 2. The number of rotatable bonds is 6. The normalized spacial score (nSPS) is 11.9. The van der Waals surface area contributed by atoms with Gasteiger partial charge in [-0.25, -0.2) is 16.5 Å². The number of nitrogens with one attached hydrogen (secondary N) is 4. The third kappa shape index (κ3) is 7.05. The lowest BCUT2D eigenvalue weighted by molar-refractivity contribution is -0.120. The van der Waals surface area contributed by atoms with Gasteiger partial charge in [0.25, 0.3) is 0 Å². The van der Waals surface area contributed by atoms with Gasteiger partial charge < -0.3 is 10.6 Å². The van der Waals surface area contributed by atoms with Gasteiger partial charge in [0.15, 0.2) is 0 Å². The molecule has 0 heterocycles. The number of amides is 3. The van der Waals surface area contributed by atoms with Crippen molar-refractivity contribution in [2.45, 2.75) is 45.2 Å². The van der Waals surface area contributed by atoms with E-state index in [9.17, 15) is 9.59 Å². The average molecular weight is 260 g/mol. The van der Waals surface area contributed by atoms with Crippen LogP contribution in [0.15, 0.2) is 0 Å². The molecule has 0 aliphatic heterocycles. The Balaban J connectivity index is 4.36. The number of carbonyl (C=O) groups is 2. The number of nitrogens with two attached hydrogens (primary N) is 2. The zero-order valence-electron chi connectivity index (χ0n) is 11.4. The molecule has 0 aliphatic rings. The van der Waals surface area contributed by atoms with E-state index in [1.807, 2.05) is 38.5 Å². The quantitative estimate of drug-likeness (QED) is 0.200. The van der Waals surface area contributed by atoms with Crippen molar-refractivity contribution in [3.63, 3.8) is 0 Å². The smallest absolute Gasteiger partial charge is 0.329 e. The van der Waals surface area contributed by atoms with Crippen LogP contribution in [0.1, 0.15) is 34.1 Å². The summed E-state index contributed by atoms with van der Waals surface area (Å²) in [7, 11) is 0. The van der Waals surface area contributed by atoms with E-state index in [-0.39, 0.29) is 18.0 Å². The third-order valence-electron chi connectivity index (χ3n) is 2.36. The summed E-state index contributed by atoms with van der Waals surface area (Å²) in [5, 5.41) is 5.79. The lowest BCUT2D eigenvalue weighted by Gasteiger charge is -2.36. The minimum absolute atomic E-state index is 0.114. The van der Waals surface area contributed by atoms with Crippen LogP contribution >= 0.6 is 0 Å². The second-order valence-corrected chi connectivity index (χ2v) is 5.46. The molecular weight excluding hydrogens is 236 g/mol. The number of urea groups is 1. The Morgan fingerprint density at radius 3 is 2.00 bits per heavy atom. The van der Waals surface area contributed by atoms with Gasteiger partial charge in [-0.05, 0) is 34.1 Å². The molecule has 106 valence electrons. The highest BCUT2D eigenvalue weighted by atomic mass is 16.2. The van der Waals surface area contributed by atoms with Crippen LogP contribution in [0.3, 0.4) is 0 Å². The molecule has 0 spiro atoms. The Morgan fingerprint density at radius 2 is 1.56 bits per heavy atom. The summed E-state index contributed by atoms with van der Waals surface area (Å²) < 4.78 is 0. The molecule has 8 heteroatoms. The molecule has 0 bridgehead atoms. The minimum atomic E-state index is -0.473. The van der Waals surface area contributed by atoms with Crippen LogP contribution in [0.5, 0.6) is 0 Å². The minimum Gasteiger partial charge on any atom is -0.332 e. The molecular formula is C10H24N6O2. The highest BCUT2D eigenvalue weighted by molar-refractivity contribution is 5.77. The molecule has 0 aromatic carbocycles. The first kappa shape index (κ1) is 16.6. The summed E-state index contributed by atoms with van der Waals surface area (Å²) in [5.41, 5.74) is 3.24. The van der Waals surface area contributed by atoms with Gasteiger partial charge in [0.1, 0.15) is 0 Å². The second kappa shape index (κ2) is 6.53. The molecule has 0 atom stereocenters. The Labute approximate surface area is 107 Å². The van der Waals surface area contributed by atoms with Gasteiger partial charge >= 0.3 is 6.03 Å². The predicted octanol–water partition coefficient (Wildman–Crippen LogP) is -1.31. The molecule has 0 saturated carbocycles. The summed E-state index contributed by atoms with van der Waals surface area (Å²) in [6.45, 7) is 7.72. The Bertz CT molecular complexity index is 303. The maximum atomic E-state index is 11.2. The van der Waals surface area contributed by atoms with Crippen molar-refractivity contribution in [1.29, 1.82) is 0 Å². The van der Waals surface area contributed by atoms with E-state index in [1.165, 1.54) is 0 Å². The lowest BCUT2D eigenvalue weighted by atomic mass is 9.87. The SMILES string of the molecule is CC(C)(CC(C)(C)NC(=O)NN)NCC(=O)NN. The van der Waals surface area contributed by atoms with Crippen molar-refractivity contribution in [3.8, 4) is 0 Å². The third-order valence-corrected chi connectivity index (χ3v) is 2.36. The van der Waals surface area contributed by atoms with Crippen molar-refractivity contribution in [1.82, 2.24) is 21.5 Å². The van der Waals surface area contributed by atoms with Crippen LogP contribution in [0.4, 0.5) is 4.79 Å². The van der Waals surface area contributed by atoms with Crippen LogP contribution in [0.2, 0.25) is 0 Å². The maximum absolute atomic E-state index is 11.2. The standard InChI is InChI=1S/C10H24N6O2/c1-9(2,13-5-7(17)15-11)6-10(3,4)14-8(18)16-12/h13H,5-6,11-12H2,1-4H3,(H,15,17)(H2,14,16,18). The Hall–Kier alpha value is -1.38. The van der Waals surface area contributed by atoms with E-state index in [4.69, 9.17) is 11.7 Å². The van der Waals surface area contributed by atoms with Crippen molar-refractivity contribution in [3.05, 3.63) is 0 Å². The van der Waals surface area contributed by atoms with E-state index < -0.39 is 11.6 Å². The second-order valence-electron chi connectivity index (χ2n) is 5.46. The molecule has 0 aromatic heterocycles. The van der Waals surface area contributed by atoms with E-state index in [2.05, 4.69) is 10.6 Å². The molecule has 8 N–H and O–H groups in total. The van der Waals surface area contributed by atoms with Gasteiger partial charge in [-0.1, -0.05) is 0 Å². The van der Waals surface area contributed by atoms with Crippen LogP contribution in [0, 0.1) is 0 Å². The van der Waals surface area contributed by atoms with Crippen molar-refractivity contribution >= 4 is 11.9 Å². The van der Waals surface area contributed by atoms with E-state index in [1.54, 1.807) is 0 Å². The zero-order valence-corrected chi connectivity index (χ0v) is 11.4. The molecule has 0 unspecified atom stereocenters. The molecule has 3 amide bonds. The summed E-state index contributed by atoms with van der Waals surface area (Å²) in [4.78, 5) is 22.2. The first-order chi connectivity index (χ1) is 8.12. The van der Waals surface area contributed by atoms with Gasteiger partial charge in [0.2, 0.25) is 5.91 Å². The van der Waals surface area contributed by atoms with Gasteiger partial charge in [0, 0.05) is 11.1 Å². The molecule has 0 aliphatic carbocycles. The van der Waals surface area contributed by atoms with Crippen molar-refractivity contribution in [2.75, 3.05) is 6.54 Å². The molecule has 0 saturated heterocycles. The highest BCUT2D eigenvalue weighted by Gasteiger charge is 2.29. The van der Waals surface area contributed by atoms with Crippen molar-refractivity contribution in [2.24, 2.45) is 11.7 Å². The number of hydrogen-bond donors (Lipinski definition) is 6. The Kier molecular flexibility index (Phi) is 6.02. The molecule has 0 radical (unpaired) electrons. The number of hydrazine groups is 2. The van der Waals surface area contributed by atoms with E-state index in [0.717, 1.165) is 0 Å². The average Bonchev–Trinajstić information content (AvgIpc) is 2.23. The number of hydrogen-bond acceptors (Lipinski definition) is 5. The van der Waals surface area contributed by atoms with E-state index in [0.29, 0.717) is 6.42 Å². The van der Waals surface area contributed by atoms with Gasteiger partial charge in [0.05, 0.1) is 6.54 Å². The zero-order chi connectivity index (χ0) is 14.4. The van der Waals surface area contributed by atoms with Crippen LogP contribution in [-0.4, -0.2) is 29.6 Å². The van der Waals surface area contributed by atoms with Gasteiger partial charge in [-0.15, -0.1) is 0 Å².